The molecular formula is C15H16S. The molecule has 2 aromatic rings. The Bertz CT molecular complexity index is 460. The number of hydrogen-bond donors (Lipinski definition) is 0. The molecule has 0 aromatic heterocycles. The summed E-state index contributed by atoms with van der Waals surface area (Å²) >= 11 is 1.84. The molecule has 0 bridgehead atoms. The zero-order valence-electron chi connectivity index (χ0n) is 9.73. The van der Waals surface area contributed by atoms with Gasteiger partial charge in [0.25, 0.3) is 0 Å². The summed E-state index contributed by atoms with van der Waals surface area (Å²) in [7, 11) is 0. The Balaban J connectivity index is 2.28. The maximum atomic E-state index is 2.21. The summed E-state index contributed by atoms with van der Waals surface area (Å²) in [6.07, 6.45) is 1.11. The molecule has 0 aliphatic carbocycles. The molecule has 0 N–H and O–H groups in total. The van der Waals surface area contributed by atoms with Crippen LogP contribution in [0.4, 0.5) is 0 Å². The first-order chi connectivity index (χ1) is 7.81. The second-order valence-corrected chi connectivity index (χ2v) is 4.92. The van der Waals surface area contributed by atoms with Crippen molar-refractivity contribution in [2.75, 3.05) is 0 Å². The number of rotatable bonds is 3. The van der Waals surface area contributed by atoms with Gasteiger partial charge in [0.15, 0.2) is 0 Å². The van der Waals surface area contributed by atoms with E-state index in [0.29, 0.717) is 0 Å². The van der Waals surface area contributed by atoms with E-state index in [1.807, 2.05) is 11.8 Å². The van der Waals surface area contributed by atoms with Crippen molar-refractivity contribution in [1.82, 2.24) is 0 Å². The van der Waals surface area contributed by atoms with Crippen molar-refractivity contribution in [3.63, 3.8) is 0 Å². The molecular weight excluding hydrogens is 212 g/mol. The van der Waals surface area contributed by atoms with Gasteiger partial charge >= 0.3 is 0 Å². The largest absolute Gasteiger partial charge is 0.0898 e. The highest BCUT2D eigenvalue weighted by molar-refractivity contribution is 7.99. The van der Waals surface area contributed by atoms with Gasteiger partial charge in [0.1, 0.15) is 0 Å². The fourth-order valence-electron chi connectivity index (χ4n) is 1.77. The zero-order valence-corrected chi connectivity index (χ0v) is 10.6. The first kappa shape index (κ1) is 11.3. The minimum atomic E-state index is 1.11. The Labute approximate surface area is 102 Å². The Morgan fingerprint density at radius 1 is 0.938 bits per heavy atom. The van der Waals surface area contributed by atoms with Crippen molar-refractivity contribution in [3.8, 4) is 0 Å². The molecule has 0 aliphatic heterocycles. The van der Waals surface area contributed by atoms with Crippen LogP contribution in [0.15, 0.2) is 58.3 Å². The van der Waals surface area contributed by atoms with Crippen LogP contribution in [0.5, 0.6) is 0 Å². The van der Waals surface area contributed by atoms with E-state index in [-0.39, 0.29) is 0 Å². The molecule has 0 heterocycles. The van der Waals surface area contributed by atoms with Gasteiger partial charge in [-0.2, -0.15) is 0 Å². The number of hydrogen-bond acceptors (Lipinski definition) is 1. The van der Waals surface area contributed by atoms with Crippen LogP contribution >= 0.6 is 11.8 Å². The molecule has 82 valence electrons. The number of benzene rings is 2. The quantitative estimate of drug-likeness (QED) is 0.733. The van der Waals surface area contributed by atoms with Gasteiger partial charge in [-0.15, -0.1) is 0 Å². The summed E-state index contributed by atoms with van der Waals surface area (Å²) in [6.45, 7) is 4.42. The second kappa shape index (κ2) is 5.22. The summed E-state index contributed by atoms with van der Waals surface area (Å²) in [4.78, 5) is 2.67. The van der Waals surface area contributed by atoms with Crippen LogP contribution in [0.1, 0.15) is 18.1 Å². The molecule has 0 nitrogen and oxygen atoms in total. The van der Waals surface area contributed by atoms with E-state index in [0.717, 1.165) is 6.42 Å². The lowest BCUT2D eigenvalue weighted by Gasteiger charge is -2.09. The second-order valence-electron chi connectivity index (χ2n) is 3.81. The van der Waals surface area contributed by atoms with Crippen LogP contribution in [-0.4, -0.2) is 0 Å². The molecule has 0 saturated carbocycles. The normalized spacial score (nSPS) is 10.4. The van der Waals surface area contributed by atoms with E-state index < -0.39 is 0 Å². The van der Waals surface area contributed by atoms with Crippen LogP contribution in [0.3, 0.4) is 0 Å². The van der Waals surface area contributed by atoms with Crippen molar-refractivity contribution in [1.29, 1.82) is 0 Å². The SMILES string of the molecule is CCc1cccc(Sc2ccccc2)c1C. The van der Waals surface area contributed by atoms with E-state index in [2.05, 4.69) is 62.4 Å². The molecule has 0 aliphatic rings. The molecule has 0 unspecified atom stereocenters. The highest BCUT2D eigenvalue weighted by Crippen LogP contribution is 2.31. The van der Waals surface area contributed by atoms with Crippen molar-refractivity contribution in [3.05, 3.63) is 59.7 Å². The van der Waals surface area contributed by atoms with Gasteiger partial charge < -0.3 is 0 Å². The van der Waals surface area contributed by atoms with E-state index in [4.69, 9.17) is 0 Å². The molecule has 2 aromatic carbocycles. The smallest absolute Gasteiger partial charge is 0.0154 e. The van der Waals surface area contributed by atoms with Gasteiger partial charge in [0, 0.05) is 9.79 Å². The van der Waals surface area contributed by atoms with Gasteiger partial charge in [0.05, 0.1) is 0 Å². The van der Waals surface area contributed by atoms with Crippen molar-refractivity contribution in [2.45, 2.75) is 30.1 Å². The molecule has 0 saturated heterocycles. The van der Waals surface area contributed by atoms with Crippen LogP contribution in [0, 0.1) is 6.92 Å². The minimum absolute atomic E-state index is 1.11. The lowest BCUT2D eigenvalue weighted by atomic mass is 10.1. The average molecular weight is 228 g/mol. The predicted molar refractivity (Wildman–Crippen MR) is 71.1 cm³/mol. The van der Waals surface area contributed by atoms with Gasteiger partial charge in [-0.25, -0.2) is 0 Å². The molecule has 0 amide bonds. The summed E-state index contributed by atoms with van der Waals surface area (Å²) < 4.78 is 0. The molecule has 0 radical (unpaired) electrons. The lowest BCUT2D eigenvalue weighted by Crippen LogP contribution is -1.88. The van der Waals surface area contributed by atoms with Crippen molar-refractivity contribution < 1.29 is 0 Å². The summed E-state index contributed by atoms with van der Waals surface area (Å²) in [5, 5.41) is 0. The third-order valence-electron chi connectivity index (χ3n) is 2.75. The summed E-state index contributed by atoms with van der Waals surface area (Å²) in [5.41, 5.74) is 2.86. The highest BCUT2D eigenvalue weighted by Gasteiger charge is 2.03. The van der Waals surface area contributed by atoms with Crippen LogP contribution in [0.25, 0.3) is 0 Å². The Morgan fingerprint density at radius 3 is 2.38 bits per heavy atom. The Morgan fingerprint density at radius 2 is 1.69 bits per heavy atom. The molecule has 0 fully saturated rings. The zero-order chi connectivity index (χ0) is 11.4. The van der Waals surface area contributed by atoms with Crippen LogP contribution in [0.2, 0.25) is 0 Å². The topological polar surface area (TPSA) is 0 Å². The van der Waals surface area contributed by atoms with Gasteiger partial charge in [-0.05, 0) is 42.7 Å². The third-order valence-corrected chi connectivity index (χ3v) is 3.92. The standard InChI is InChI=1S/C15H16S/c1-3-13-8-7-11-15(12(13)2)16-14-9-5-4-6-10-14/h4-11H,3H2,1-2H3. The third kappa shape index (κ3) is 2.48. The highest BCUT2D eigenvalue weighted by atomic mass is 32.2. The van der Waals surface area contributed by atoms with Gasteiger partial charge in [-0.1, -0.05) is 49.0 Å². The van der Waals surface area contributed by atoms with Gasteiger partial charge in [0.2, 0.25) is 0 Å². The Hall–Kier alpha value is -1.21. The minimum Gasteiger partial charge on any atom is -0.0898 e. The van der Waals surface area contributed by atoms with Crippen molar-refractivity contribution >= 4 is 11.8 Å². The molecule has 16 heavy (non-hydrogen) atoms. The predicted octanol–water partition coefficient (Wildman–Crippen LogP) is 4.71. The van der Waals surface area contributed by atoms with Crippen LogP contribution < -0.4 is 0 Å². The monoisotopic (exact) mass is 228 g/mol. The van der Waals surface area contributed by atoms with E-state index in [9.17, 15) is 0 Å². The maximum absolute atomic E-state index is 2.21. The summed E-state index contributed by atoms with van der Waals surface area (Å²) in [5.74, 6) is 0. The summed E-state index contributed by atoms with van der Waals surface area (Å²) in [6, 6.07) is 17.1. The molecule has 0 spiro atoms. The first-order valence-corrected chi connectivity index (χ1v) is 6.44. The fraction of sp³-hybridized carbons (Fsp3) is 0.200. The Kier molecular flexibility index (Phi) is 3.68. The maximum Gasteiger partial charge on any atom is 0.0154 e. The van der Waals surface area contributed by atoms with E-state index in [1.165, 1.54) is 20.9 Å². The van der Waals surface area contributed by atoms with Gasteiger partial charge in [-0.3, -0.25) is 0 Å². The molecule has 1 heteroatoms. The van der Waals surface area contributed by atoms with E-state index in [1.54, 1.807) is 0 Å². The molecule has 0 atom stereocenters. The molecule has 2 rings (SSSR count). The lowest BCUT2D eigenvalue weighted by molar-refractivity contribution is 1.08. The van der Waals surface area contributed by atoms with E-state index >= 15 is 0 Å². The average Bonchev–Trinajstić information content (AvgIpc) is 2.33. The number of aryl methyl sites for hydroxylation is 1. The van der Waals surface area contributed by atoms with Crippen molar-refractivity contribution in [2.24, 2.45) is 0 Å². The van der Waals surface area contributed by atoms with Crippen LogP contribution in [-0.2, 0) is 6.42 Å². The fourth-order valence-corrected chi connectivity index (χ4v) is 2.75. The first-order valence-electron chi connectivity index (χ1n) is 5.62.